The van der Waals surface area contributed by atoms with E-state index >= 15 is 0 Å². The molecule has 1 aromatic carbocycles. The summed E-state index contributed by atoms with van der Waals surface area (Å²) < 4.78 is 37.9. The van der Waals surface area contributed by atoms with Crippen LogP contribution >= 0.6 is 0 Å². The number of carbonyl (C=O) groups excluding carboxylic acids is 1. The summed E-state index contributed by atoms with van der Waals surface area (Å²) >= 11 is 0. The molecule has 7 nitrogen and oxygen atoms in total. The molecular formula is C25H35F3N2O5. The van der Waals surface area contributed by atoms with Crippen molar-refractivity contribution in [3.63, 3.8) is 0 Å². The number of aryl methyl sites for hydroxylation is 1. The average Bonchev–Trinajstić information content (AvgIpc) is 3.45. The number of aliphatic carboxylic acids is 1. The molecule has 0 saturated carbocycles. The van der Waals surface area contributed by atoms with Crippen molar-refractivity contribution >= 4 is 11.9 Å². The summed E-state index contributed by atoms with van der Waals surface area (Å²) in [4.78, 5) is 26.4. The van der Waals surface area contributed by atoms with Gasteiger partial charge in [-0.1, -0.05) is 25.1 Å². The minimum absolute atomic E-state index is 0.186. The van der Waals surface area contributed by atoms with Crippen LogP contribution in [-0.4, -0.2) is 89.6 Å². The number of hydrogen-bond acceptors (Lipinski definition) is 5. The van der Waals surface area contributed by atoms with Gasteiger partial charge >= 0.3 is 12.1 Å². The molecule has 3 heterocycles. The van der Waals surface area contributed by atoms with Gasteiger partial charge in [-0.15, -0.1) is 0 Å². The summed E-state index contributed by atoms with van der Waals surface area (Å²) in [5.41, 5.74) is 2.24. The summed E-state index contributed by atoms with van der Waals surface area (Å²) in [6, 6.07) is 8.32. The van der Waals surface area contributed by atoms with Gasteiger partial charge in [-0.05, 0) is 62.1 Å². The number of amides is 1. The van der Waals surface area contributed by atoms with Crippen LogP contribution in [0.3, 0.4) is 0 Å². The molecule has 196 valence electrons. The first-order valence-corrected chi connectivity index (χ1v) is 12.2. The van der Waals surface area contributed by atoms with Crippen molar-refractivity contribution < 1.29 is 37.7 Å². The number of carboxylic acids is 1. The maximum absolute atomic E-state index is 13.0. The minimum Gasteiger partial charge on any atom is -0.475 e. The van der Waals surface area contributed by atoms with Crippen LogP contribution in [0.5, 0.6) is 0 Å². The monoisotopic (exact) mass is 500 g/mol. The second-order valence-electron chi connectivity index (χ2n) is 9.72. The second kappa shape index (κ2) is 11.7. The number of aliphatic hydroxyl groups is 1. The number of alkyl halides is 3. The highest BCUT2D eigenvalue weighted by molar-refractivity contribution is 5.95. The summed E-state index contributed by atoms with van der Waals surface area (Å²) in [5, 5.41) is 16.7. The molecule has 3 saturated heterocycles. The van der Waals surface area contributed by atoms with Crippen molar-refractivity contribution in [2.75, 3.05) is 39.4 Å². The predicted octanol–water partition coefficient (Wildman–Crippen LogP) is 3.35. The zero-order valence-corrected chi connectivity index (χ0v) is 20.1. The molecule has 2 atom stereocenters. The molecule has 0 aromatic heterocycles. The van der Waals surface area contributed by atoms with Gasteiger partial charge in [-0.25, -0.2) is 4.79 Å². The molecule has 0 radical (unpaired) electrons. The first kappa shape index (κ1) is 27.4. The lowest BCUT2D eigenvalue weighted by molar-refractivity contribution is -0.192. The van der Waals surface area contributed by atoms with Crippen LogP contribution in [0.25, 0.3) is 0 Å². The number of carbonyl (C=O) groups is 2. The van der Waals surface area contributed by atoms with Crippen molar-refractivity contribution in [3.8, 4) is 0 Å². The molecule has 3 aliphatic rings. The Morgan fingerprint density at radius 2 is 1.83 bits per heavy atom. The maximum Gasteiger partial charge on any atom is 0.490 e. The number of aliphatic hydroxyl groups excluding tert-OH is 1. The molecule has 1 spiro atoms. The molecule has 0 bridgehead atoms. The van der Waals surface area contributed by atoms with Crippen LogP contribution in [0, 0.1) is 5.41 Å². The first-order valence-electron chi connectivity index (χ1n) is 12.2. The van der Waals surface area contributed by atoms with Gasteiger partial charge in [-0.2, -0.15) is 13.2 Å². The number of nitrogens with zero attached hydrogens (tertiary/aromatic N) is 2. The summed E-state index contributed by atoms with van der Waals surface area (Å²) in [6.45, 7) is 6.87. The van der Waals surface area contributed by atoms with Crippen LogP contribution in [0.4, 0.5) is 13.2 Å². The topological polar surface area (TPSA) is 90.3 Å². The molecule has 4 rings (SSSR count). The highest BCUT2D eigenvalue weighted by Gasteiger charge is 2.44. The van der Waals surface area contributed by atoms with Crippen LogP contribution in [0.15, 0.2) is 24.3 Å². The van der Waals surface area contributed by atoms with Gasteiger partial charge in [-0.3, -0.25) is 9.69 Å². The molecule has 3 fully saturated rings. The fourth-order valence-electron chi connectivity index (χ4n) is 5.36. The summed E-state index contributed by atoms with van der Waals surface area (Å²) in [6.07, 6.45) is 1.52. The number of carboxylic acid groups (broad SMARTS) is 1. The fraction of sp³-hybridized carbons (Fsp3) is 0.680. The molecule has 1 aromatic rings. The molecule has 0 aliphatic carbocycles. The van der Waals surface area contributed by atoms with E-state index in [2.05, 4.69) is 17.9 Å². The summed E-state index contributed by atoms with van der Waals surface area (Å²) in [7, 11) is 0. The van der Waals surface area contributed by atoms with E-state index in [1.807, 2.05) is 23.1 Å². The highest BCUT2D eigenvalue weighted by atomic mass is 19.4. The van der Waals surface area contributed by atoms with Gasteiger partial charge in [0.2, 0.25) is 0 Å². The third-order valence-corrected chi connectivity index (χ3v) is 7.42. The predicted molar refractivity (Wildman–Crippen MR) is 123 cm³/mol. The number of ether oxygens (including phenoxy) is 1. The van der Waals surface area contributed by atoms with E-state index < -0.39 is 12.1 Å². The van der Waals surface area contributed by atoms with Crippen LogP contribution in [-0.2, 0) is 16.0 Å². The number of benzene rings is 1. The van der Waals surface area contributed by atoms with Gasteiger partial charge in [0.25, 0.3) is 5.91 Å². The zero-order chi connectivity index (χ0) is 25.6. The van der Waals surface area contributed by atoms with Crippen molar-refractivity contribution in [1.82, 2.24) is 9.80 Å². The Morgan fingerprint density at radius 3 is 2.43 bits per heavy atom. The Labute approximate surface area is 203 Å². The lowest BCUT2D eigenvalue weighted by Crippen LogP contribution is -2.44. The lowest BCUT2D eigenvalue weighted by atomic mass is 9.76. The molecule has 1 amide bonds. The van der Waals surface area contributed by atoms with Crippen LogP contribution in [0.2, 0.25) is 0 Å². The quantitative estimate of drug-likeness (QED) is 0.645. The smallest absolute Gasteiger partial charge is 0.475 e. The third-order valence-electron chi connectivity index (χ3n) is 7.42. The van der Waals surface area contributed by atoms with E-state index in [4.69, 9.17) is 14.6 Å². The van der Waals surface area contributed by atoms with Crippen LogP contribution < -0.4 is 0 Å². The van der Waals surface area contributed by atoms with Crippen LogP contribution in [0.1, 0.15) is 54.9 Å². The van der Waals surface area contributed by atoms with E-state index in [-0.39, 0.29) is 24.0 Å². The zero-order valence-electron chi connectivity index (χ0n) is 20.1. The van der Waals surface area contributed by atoms with Crippen molar-refractivity contribution in [2.24, 2.45) is 5.41 Å². The van der Waals surface area contributed by atoms with Gasteiger partial charge < -0.3 is 19.8 Å². The first-order chi connectivity index (χ1) is 16.6. The SMILES string of the molecule is CCc1ccccc1C(=O)N1CCC2(CC1)COC(CN1CCC[C@H]1CO)C2.O=C(O)C(F)(F)F. The molecule has 3 aliphatic heterocycles. The van der Waals surface area contributed by atoms with E-state index in [0.29, 0.717) is 6.04 Å². The standard InChI is InChI=1S/C23H34N2O3.C2HF3O2/c1-2-18-6-3-4-8-21(18)22(27)24-12-9-23(10-13-24)14-20(28-17-23)15-25-11-5-7-19(25)16-26;3-2(4,5)1(6)7/h3-4,6,8,19-20,26H,2,5,7,9-17H2,1H3;(H,6,7)/t19-,20?;/m0./s1. The summed E-state index contributed by atoms with van der Waals surface area (Å²) in [5.74, 6) is -2.57. The Hall–Kier alpha value is -2.17. The van der Waals surface area contributed by atoms with Crippen molar-refractivity contribution in [3.05, 3.63) is 35.4 Å². The van der Waals surface area contributed by atoms with Crippen molar-refractivity contribution in [1.29, 1.82) is 0 Å². The largest absolute Gasteiger partial charge is 0.490 e. The van der Waals surface area contributed by atoms with Crippen molar-refractivity contribution in [2.45, 2.75) is 63.8 Å². The Kier molecular flexibility index (Phi) is 9.17. The number of likely N-dealkylation sites (tertiary alicyclic amines) is 2. The molecule has 35 heavy (non-hydrogen) atoms. The second-order valence-corrected chi connectivity index (χ2v) is 9.72. The lowest BCUT2D eigenvalue weighted by Gasteiger charge is -2.38. The van der Waals surface area contributed by atoms with Gasteiger partial charge in [0, 0.05) is 31.2 Å². The number of halogens is 3. The molecule has 10 heteroatoms. The normalized spacial score (nSPS) is 24.3. The third kappa shape index (κ3) is 6.95. The van der Waals surface area contributed by atoms with E-state index in [0.717, 1.165) is 76.0 Å². The number of hydrogen-bond donors (Lipinski definition) is 2. The fourth-order valence-corrected chi connectivity index (χ4v) is 5.36. The Bertz CT molecular complexity index is 871. The minimum atomic E-state index is -5.08. The molecule has 1 unspecified atom stereocenters. The van der Waals surface area contributed by atoms with Gasteiger partial charge in [0.15, 0.2) is 0 Å². The Morgan fingerprint density at radius 1 is 1.17 bits per heavy atom. The average molecular weight is 501 g/mol. The van der Waals surface area contributed by atoms with E-state index in [9.17, 15) is 23.1 Å². The molecule has 2 N–H and O–H groups in total. The Balaban J connectivity index is 0.000000429. The highest BCUT2D eigenvalue weighted by Crippen LogP contribution is 2.42. The van der Waals surface area contributed by atoms with E-state index in [1.54, 1.807) is 0 Å². The van der Waals surface area contributed by atoms with Gasteiger partial charge in [0.1, 0.15) is 0 Å². The number of rotatable bonds is 5. The van der Waals surface area contributed by atoms with E-state index in [1.165, 1.54) is 6.42 Å². The number of piperidine rings is 1. The van der Waals surface area contributed by atoms with Gasteiger partial charge in [0.05, 0.1) is 19.3 Å². The molecular weight excluding hydrogens is 465 g/mol. The maximum atomic E-state index is 13.0.